The lowest BCUT2D eigenvalue weighted by Crippen LogP contribution is -2.43. The van der Waals surface area contributed by atoms with Gasteiger partial charge in [-0.15, -0.1) is 0 Å². The van der Waals surface area contributed by atoms with Crippen molar-refractivity contribution in [2.45, 2.75) is 31.2 Å². The Morgan fingerprint density at radius 3 is 2.33 bits per heavy atom. The Bertz CT molecular complexity index is 608. The number of carbonyl (C=O) groups is 2. The van der Waals surface area contributed by atoms with Gasteiger partial charge in [0.05, 0.1) is 17.9 Å². The molecule has 21 heavy (non-hydrogen) atoms. The minimum Gasteiger partial charge on any atom is -0.481 e. The van der Waals surface area contributed by atoms with E-state index in [0.29, 0.717) is 0 Å². The van der Waals surface area contributed by atoms with Crippen LogP contribution >= 0.6 is 0 Å². The largest absolute Gasteiger partial charge is 0.481 e. The predicted octanol–water partition coefficient (Wildman–Crippen LogP) is 0.680. The van der Waals surface area contributed by atoms with Crippen LogP contribution in [0.3, 0.4) is 0 Å². The van der Waals surface area contributed by atoms with Crippen molar-refractivity contribution in [3.05, 3.63) is 29.8 Å². The molecule has 0 aliphatic heterocycles. The summed E-state index contributed by atoms with van der Waals surface area (Å²) in [7, 11) is -4.00. The number of hydrogen-bond donors (Lipinski definition) is 2. The molecule has 1 aromatic rings. The van der Waals surface area contributed by atoms with Crippen LogP contribution in [0.2, 0.25) is 0 Å². The molecule has 1 aromatic carbocycles. The van der Waals surface area contributed by atoms with Crippen molar-refractivity contribution in [2.24, 2.45) is 0 Å². The Balaban J connectivity index is 2.97. The quantitative estimate of drug-likeness (QED) is 0.716. The molecular weight excluding hydrogens is 298 g/mol. The fraction of sp³-hybridized carbons (Fsp3) is 0.385. The van der Waals surface area contributed by atoms with Gasteiger partial charge in [-0.1, -0.05) is 17.7 Å². The third-order valence-corrected chi connectivity index (χ3v) is 4.07. The number of benzene rings is 1. The standard InChI is InChI=1S/C13H17NO6S/c1-3-20-13(17)11(8-12(15)16)14-21(18,19)10-6-4-9(2)5-7-10/h4-7,11,14H,3,8H2,1-2H3,(H,15,16)/t11-/m0/s1. The van der Waals surface area contributed by atoms with Gasteiger partial charge in [-0.25, -0.2) is 8.42 Å². The maximum atomic E-state index is 12.1. The number of aliphatic carboxylic acids is 1. The molecule has 0 radical (unpaired) electrons. The summed E-state index contributed by atoms with van der Waals surface area (Å²) >= 11 is 0. The van der Waals surface area contributed by atoms with E-state index < -0.39 is 34.4 Å². The summed E-state index contributed by atoms with van der Waals surface area (Å²) in [5.41, 5.74) is 0.876. The number of nitrogens with one attached hydrogen (secondary N) is 1. The van der Waals surface area contributed by atoms with E-state index >= 15 is 0 Å². The SMILES string of the molecule is CCOC(=O)[C@H](CC(=O)O)NS(=O)(=O)c1ccc(C)cc1. The molecular formula is C13H17NO6S. The lowest BCUT2D eigenvalue weighted by atomic mass is 10.2. The van der Waals surface area contributed by atoms with Crippen LogP contribution in [0, 0.1) is 6.92 Å². The summed E-state index contributed by atoms with van der Waals surface area (Å²) in [5, 5.41) is 8.76. The molecule has 2 N–H and O–H groups in total. The molecule has 0 spiro atoms. The van der Waals surface area contributed by atoms with Crippen LogP contribution in [0.4, 0.5) is 0 Å². The number of rotatable bonds is 7. The van der Waals surface area contributed by atoms with E-state index in [4.69, 9.17) is 5.11 Å². The number of carboxylic acid groups (broad SMARTS) is 1. The first-order chi connectivity index (χ1) is 9.76. The molecule has 0 aliphatic rings. The summed E-state index contributed by atoms with van der Waals surface area (Å²) in [5.74, 6) is -2.23. The molecule has 1 atom stereocenters. The zero-order valence-electron chi connectivity index (χ0n) is 11.7. The van der Waals surface area contributed by atoms with Crippen molar-refractivity contribution in [3.63, 3.8) is 0 Å². The molecule has 7 nitrogen and oxygen atoms in total. The number of carbonyl (C=O) groups excluding carboxylic acids is 1. The lowest BCUT2D eigenvalue weighted by Gasteiger charge is -2.15. The Hall–Kier alpha value is -1.93. The van der Waals surface area contributed by atoms with Gasteiger partial charge < -0.3 is 9.84 Å². The summed E-state index contributed by atoms with van der Waals surface area (Å²) in [6.45, 7) is 3.38. The molecule has 1 rings (SSSR count). The zero-order chi connectivity index (χ0) is 16.0. The summed E-state index contributed by atoms with van der Waals surface area (Å²) in [6.07, 6.45) is -0.691. The molecule has 0 aromatic heterocycles. The molecule has 116 valence electrons. The fourth-order valence-electron chi connectivity index (χ4n) is 1.56. The third-order valence-electron chi connectivity index (χ3n) is 2.58. The van der Waals surface area contributed by atoms with Crippen molar-refractivity contribution < 1.29 is 27.9 Å². The number of carboxylic acids is 1. The topological polar surface area (TPSA) is 110 Å². The van der Waals surface area contributed by atoms with Gasteiger partial charge in [0, 0.05) is 0 Å². The van der Waals surface area contributed by atoms with E-state index in [-0.39, 0.29) is 11.5 Å². The van der Waals surface area contributed by atoms with Gasteiger partial charge in [0.25, 0.3) is 0 Å². The molecule has 0 aliphatic carbocycles. The average molecular weight is 315 g/mol. The van der Waals surface area contributed by atoms with E-state index in [0.717, 1.165) is 5.56 Å². The highest BCUT2D eigenvalue weighted by molar-refractivity contribution is 7.89. The summed E-state index contributed by atoms with van der Waals surface area (Å²) in [6, 6.07) is 4.49. The first-order valence-electron chi connectivity index (χ1n) is 6.23. The van der Waals surface area contributed by atoms with Crippen molar-refractivity contribution in [3.8, 4) is 0 Å². The molecule has 0 saturated carbocycles. The molecule has 0 bridgehead atoms. The maximum Gasteiger partial charge on any atom is 0.324 e. The van der Waals surface area contributed by atoms with Gasteiger partial charge in [0.2, 0.25) is 10.0 Å². The van der Waals surface area contributed by atoms with Crippen LogP contribution in [0.15, 0.2) is 29.2 Å². The van der Waals surface area contributed by atoms with Crippen LogP contribution in [0.25, 0.3) is 0 Å². The second-order valence-electron chi connectivity index (χ2n) is 4.34. The highest BCUT2D eigenvalue weighted by atomic mass is 32.2. The second-order valence-corrected chi connectivity index (χ2v) is 6.05. The molecule has 0 heterocycles. The molecule has 0 saturated heterocycles. The van der Waals surface area contributed by atoms with E-state index in [1.54, 1.807) is 26.0 Å². The van der Waals surface area contributed by atoms with E-state index in [1.807, 2.05) is 0 Å². The number of sulfonamides is 1. The first-order valence-corrected chi connectivity index (χ1v) is 7.72. The summed E-state index contributed by atoms with van der Waals surface area (Å²) < 4.78 is 31.0. The first kappa shape index (κ1) is 17.1. The monoisotopic (exact) mass is 315 g/mol. The van der Waals surface area contributed by atoms with E-state index in [1.165, 1.54) is 12.1 Å². The molecule has 0 fully saturated rings. The Kier molecular flexibility index (Phi) is 5.86. The normalized spacial score (nSPS) is 12.7. The molecule has 8 heteroatoms. The number of hydrogen-bond acceptors (Lipinski definition) is 5. The smallest absolute Gasteiger partial charge is 0.324 e. The molecule has 0 amide bonds. The maximum absolute atomic E-state index is 12.1. The van der Waals surface area contributed by atoms with Gasteiger partial charge in [-0.2, -0.15) is 4.72 Å². The number of aryl methyl sites for hydroxylation is 1. The average Bonchev–Trinajstić information content (AvgIpc) is 2.38. The van der Waals surface area contributed by atoms with Crippen LogP contribution in [0.5, 0.6) is 0 Å². The number of ether oxygens (including phenoxy) is 1. The van der Waals surface area contributed by atoms with Crippen molar-refractivity contribution in [1.29, 1.82) is 0 Å². The zero-order valence-corrected chi connectivity index (χ0v) is 12.5. The molecule has 0 unspecified atom stereocenters. The lowest BCUT2D eigenvalue weighted by molar-refractivity contribution is -0.149. The van der Waals surface area contributed by atoms with Gasteiger partial charge in [0.15, 0.2) is 0 Å². The Morgan fingerprint density at radius 1 is 1.29 bits per heavy atom. The highest BCUT2D eigenvalue weighted by Crippen LogP contribution is 2.11. The van der Waals surface area contributed by atoms with Gasteiger partial charge in [-0.3, -0.25) is 9.59 Å². The van der Waals surface area contributed by atoms with Crippen LogP contribution < -0.4 is 4.72 Å². The highest BCUT2D eigenvalue weighted by Gasteiger charge is 2.28. The van der Waals surface area contributed by atoms with E-state index in [9.17, 15) is 18.0 Å². The third kappa shape index (κ3) is 5.16. The van der Waals surface area contributed by atoms with Crippen molar-refractivity contribution >= 4 is 22.0 Å². The van der Waals surface area contributed by atoms with Crippen LogP contribution in [0.1, 0.15) is 18.9 Å². The van der Waals surface area contributed by atoms with Gasteiger partial charge in [-0.05, 0) is 26.0 Å². The van der Waals surface area contributed by atoms with Gasteiger partial charge >= 0.3 is 11.9 Å². The van der Waals surface area contributed by atoms with Crippen LogP contribution in [-0.4, -0.2) is 38.1 Å². The summed E-state index contributed by atoms with van der Waals surface area (Å²) in [4.78, 5) is 22.3. The second kappa shape index (κ2) is 7.19. The van der Waals surface area contributed by atoms with Crippen molar-refractivity contribution in [2.75, 3.05) is 6.61 Å². The Labute approximate surface area is 123 Å². The van der Waals surface area contributed by atoms with E-state index in [2.05, 4.69) is 9.46 Å². The van der Waals surface area contributed by atoms with Gasteiger partial charge in [0.1, 0.15) is 6.04 Å². The van der Waals surface area contributed by atoms with Crippen LogP contribution in [-0.2, 0) is 24.3 Å². The van der Waals surface area contributed by atoms with Crippen molar-refractivity contribution in [1.82, 2.24) is 4.72 Å². The Morgan fingerprint density at radius 2 is 1.86 bits per heavy atom. The minimum absolute atomic E-state index is 0.0290. The predicted molar refractivity (Wildman–Crippen MR) is 74.2 cm³/mol. The number of esters is 1. The minimum atomic E-state index is -4.00. The fourth-order valence-corrected chi connectivity index (χ4v) is 2.75.